The maximum Gasteiger partial charge on any atom is 0.342 e. The van der Waals surface area contributed by atoms with Crippen molar-refractivity contribution in [3.63, 3.8) is 0 Å². The minimum atomic E-state index is -0.357. The maximum absolute atomic E-state index is 12.1. The molecule has 0 radical (unpaired) electrons. The van der Waals surface area contributed by atoms with Crippen molar-refractivity contribution in [3.05, 3.63) is 34.0 Å². The lowest BCUT2D eigenvalue weighted by molar-refractivity contribution is 0.0329. The molecule has 102 valence electrons. The van der Waals surface area contributed by atoms with E-state index in [0.29, 0.717) is 5.56 Å². The summed E-state index contributed by atoms with van der Waals surface area (Å²) in [6.45, 7) is 7.73. The third kappa shape index (κ3) is 2.84. The predicted molar refractivity (Wildman–Crippen MR) is 73.3 cm³/mol. The van der Waals surface area contributed by atoms with E-state index in [1.54, 1.807) is 11.7 Å². The van der Waals surface area contributed by atoms with Crippen LogP contribution in [0.2, 0.25) is 0 Å². The first-order valence-corrected chi connectivity index (χ1v) is 7.08. The van der Waals surface area contributed by atoms with Gasteiger partial charge in [-0.05, 0) is 27.7 Å². The van der Waals surface area contributed by atoms with Crippen molar-refractivity contribution in [1.29, 1.82) is 0 Å². The monoisotopic (exact) mass is 279 g/mol. The van der Waals surface area contributed by atoms with Gasteiger partial charge in [0.05, 0.1) is 23.1 Å². The Morgan fingerprint density at radius 3 is 2.68 bits per heavy atom. The molecule has 6 heteroatoms. The molecule has 0 spiro atoms. The number of rotatable bonds is 4. The zero-order valence-corrected chi connectivity index (χ0v) is 12.3. The summed E-state index contributed by atoms with van der Waals surface area (Å²) in [5.41, 5.74) is 3.83. The van der Waals surface area contributed by atoms with Crippen molar-refractivity contribution in [1.82, 2.24) is 14.8 Å². The van der Waals surface area contributed by atoms with Gasteiger partial charge in [0, 0.05) is 11.4 Å². The van der Waals surface area contributed by atoms with Crippen LogP contribution in [0.4, 0.5) is 0 Å². The highest BCUT2D eigenvalue weighted by atomic mass is 32.1. The molecule has 0 amide bonds. The number of ether oxygens (including phenoxy) is 1. The summed E-state index contributed by atoms with van der Waals surface area (Å²) in [6.07, 6.45) is 1.21. The molecule has 2 aromatic heterocycles. The van der Waals surface area contributed by atoms with E-state index in [1.807, 2.05) is 37.8 Å². The molecule has 0 N–H and O–H groups in total. The fraction of sp³-hybridized carbons (Fsp3) is 0.462. The van der Waals surface area contributed by atoms with Gasteiger partial charge >= 0.3 is 5.97 Å². The van der Waals surface area contributed by atoms with Gasteiger partial charge in [0.25, 0.3) is 0 Å². The van der Waals surface area contributed by atoms with Crippen LogP contribution in [0.15, 0.2) is 17.1 Å². The van der Waals surface area contributed by atoms with E-state index >= 15 is 0 Å². The Balaban J connectivity index is 2.12. The summed E-state index contributed by atoms with van der Waals surface area (Å²) in [6, 6.07) is 0.220. The average molecular weight is 279 g/mol. The Kier molecular flexibility index (Phi) is 3.99. The fourth-order valence-corrected chi connectivity index (χ4v) is 2.49. The van der Waals surface area contributed by atoms with Gasteiger partial charge < -0.3 is 4.74 Å². The van der Waals surface area contributed by atoms with Crippen LogP contribution in [0, 0.1) is 6.92 Å². The van der Waals surface area contributed by atoms with E-state index in [2.05, 4.69) is 10.1 Å². The summed E-state index contributed by atoms with van der Waals surface area (Å²) in [5.74, 6) is -0.357. The predicted octanol–water partition coefficient (Wildman–Crippen LogP) is 3.15. The molecular formula is C13H17N3O2S. The maximum atomic E-state index is 12.1. The molecule has 0 saturated heterocycles. The van der Waals surface area contributed by atoms with E-state index in [4.69, 9.17) is 4.74 Å². The normalized spacial score (nSPS) is 12.7. The van der Waals surface area contributed by atoms with Gasteiger partial charge in [0.2, 0.25) is 0 Å². The summed E-state index contributed by atoms with van der Waals surface area (Å²) in [5, 5.41) is 6.09. The number of thiazole rings is 1. The highest BCUT2D eigenvalue weighted by Gasteiger charge is 2.20. The second kappa shape index (κ2) is 5.52. The standard InChI is InChI=1S/C13H17N3O2S/c1-8(2)16-9(3)11(5-15-16)13(17)18-10(4)12-6-19-7-14-12/h5-8,10H,1-4H3. The Morgan fingerprint density at radius 2 is 2.16 bits per heavy atom. The number of nitrogens with zero attached hydrogens (tertiary/aromatic N) is 3. The van der Waals surface area contributed by atoms with Gasteiger partial charge in [0.15, 0.2) is 0 Å². The Hall–Kier alpha value is -1.69. The quantitative estimate of drug-likeness (QED) is 0.807. The number of aromatic nitrogens is 3. The Labute approximate surface area is 116 Å². The number of hydrogen-bond acceptors (Lipinski definition) is 5. The molecule has 0 saturated carbocycles. The van der Waals surface area contributed by atoms with Crippen LogP contribution in [0.1, 0.15) is 54.7 Å². The molecule has 0 aliphatic rings. The molecule has 1 unspecified atom stereocenters. The summed E-state index contributed by atoms with van der Waals surface area (Å²) < 4.78 is 7.22. The van der Waals surface area contributed by atoms with Crippen molar-refractivity contribution in [2.45, 2.75) is 39.8 Å². The number of hydrogen-bond donors (Lipinski definition) is 0. The Bertz CT molecular complexity index is 560. The fourth-order valence-electron chi connectivity index (χ4n) is 1.85. The Morgan fingerprint density at radius 1 is 1.42 bits per heavy atom. The first-order valence-electron chi connectivity index (χ1n) is 6.14. The van der Waals surface area contributed by atoms with Crippen molar-refractivity contribution in [3.8, 4) is 0 Å². The molecule has 0 aromatic carbocycles. The third-order valence-corrected chi connectivity index (χ3v) is 3.51. The minimum absolute atomic E-state index is 0.220. The molecule has 2 heterocycles. The van der Waals surface area contributed by atoms with E-state index in [-0.39, 0.29) is 18.1 Å². The van der Waals surface area contributed by atoms with Gasteiger partial charge in [-0.3, -0.25) is 4.68 Å². The van der Waals surface area contributed by atoms with Crippen LogP contribution in [0.25, 0.3) is 0 Å². The zero-order valence-electron chi connectivity index (χ0n) is 11.5. The van der Waals surface area contributed by atoms with Crippen molar-refractivity contribution < 1.29 is 9.53 Å². The first-order chi connectivity index (χ1) is 9.00. The highest BCUT2D eigenvalue weighted by molar-refractivity contribution is 7.07. The molecule has 19 heavy (non-hydrogen) atoms. The largest absolute Gasteiger partial charge is 0.452 e. The summed E-state index contributed by atoms with van der Waals surface area (Å²) in [7, 11) is 0. The number of carbonyl (C=O) groups is 1. The van der Waals surface area contributed by atoms with Crippen molar-refractivity contribution >= 4 is 17.3 Å². The van der Waals surface area contributed by atoms with Crippen LogP contribution in [0.3, 0.4) is 0 Å². The lowest BCUT2D eigenvalue weighted by Gasteiger charge is -2.11. The number of carbonyl (C=O) groups excluding carboxylic acids is 1. The van der Waals surface area contributed by atoms with Crippen LogP contribution in [0.5, 0.6) is 0 Å². The molecule has 0 aliphatic carbocycles. The van der Waals surface area contributed by atoms with Crippen molar-refractivity contribution in [2.24, 2.45) is 0 Å². The van der Waals surface area contributed by atoms with Crippen molar-refractivity contribution in [2.75, 3.05) is 0 Å². The molecule has 2 aromatic rings. The lowest BCUT2D eigenvalue weighted by Crippen LogP contribution is -2.11. The second-order valence-corrected chi connectivity index (χ2v) is 5.36. The molecule has 0 aliphatic heterocycles. The van der Waals surface area contributed by atoms with E-state index in [1.165, 1.54) is 11.3 Å². The van der Waals surface area contributed by atoms with Crippen LogP contribution >= 0.6 is 11.3 Å². The third-order valence-electron chi connectivity index (χ3n) is 2.91. The van der Waals surface area contributed by atoms with Crippen LogP contribution in [-0.2, 0) is 4.74 Å². The number of esters is 1. The topological polar surface area (TPSA) is 57.0 Å². The average Bonchev–Trinajstić information content (AvgIpc) is 2.96. The lowest BCUT2D eigenvalue weighted by atomic mass is 10.2. The SMILES string of the molecule is Cc1c(C(=O)OC(C)c2cscn2)cnn1C(C)C. The van der Waals surface area contributed by atoms with E-state index in [0.717, 1.165) is 11.4 Å². The van der Waals surface area contributed by atoms with Crippen LogP contribution in [-0.4, -0.2) is 20.7 Å². The zero-order chi connectivity index (χ0) is 14.0. The van der Waals surface area contributed by atoms with Gasteiger partial charge in [-0.25, -0.2) is 9.78 Å². The molecule has 2 rings (SSSR count). The van der Waals surface area contributed by atoms with Gasteiger partial charge in [-0.1, -0.05) is 0 Å². The summed E-state index contributed by atoms with van der Waals surface area (Å²) >= 11 is 1.48. The smallest absolute Gasteiger partial charge is 0.342 e. The second-order valence-electron chi connectivity index (χ2n) is 4.64. The molecule has 0 bridgehead atoms. The molecular weight excluding hydrogens is 262 g/mol. The van der Waals surface area contributed by atoms with Gasteiger partial charge in [-0.15, -0.1) is 11.3 Å². The van der Waals surface area contributed by atoms with Gasteiger partial charge in [-0.2, -0.15) is 5.10 Å². The van der Waals surface area contributed by atoms with Crippen LogP contribution < -0.4 is 0 Å². The van der Waals surface area contributed by atoms with Gasteiger partial charge in [0.1, 0.15) is 11.7 Å². The molecule has 0 fully saturated rings. The summed E-state index contributed by atoms with van der Waals surface area (Å²) in [4.78, 5) is 16.2. The molecule has 5 nitrogen and oxygen atoms in total. The minimum Gasteiger partial charge on any atom is -0.452 e. The van der Waals surface area contributed by atoms with E-state index < -0.39 is 0 Å². The molecule has 1 atom stereocenters. The highest BCUT2D eigenvalue weighted by Crippen LogP contribution is 2.20. The first kappa shape index (κ1) is 13.7. The van der Waals surface area contributed by atoms with E-state index in [9.17, 15) is 4.79 Å².